The van der Waals surface area contributed by atoms with Gasteiger partial charge in [0.1, 0.15) is 5.82 Å². The molecule has 18 heavy (non-hydrogen) atoms. The summed E-state index contributed by atoms with van der Waals surface area (Å²) in [6.45, 7) is 2.78. The molecule has 0 unspecified atom stereocenters. The number of rotatable bonds is 4. The summed E-state index contributed by atoms with van der Waals surface area (Å²) >= 11 is 5.14. The fraction of sp³-hybridized carbons (Fsp3) is 0.333. The van der Waals surface area contributed by atoms with Gasteiger partial charge in [0, 0.05) is 23.0 Å². The van der Waals surface area contributed by atoms with Gasteiger partial charge in [0.15, 0.2) is 5.16 Å². The van der Waals surface area contributed by atoms with Gasteiger partial charge in [-0.15, -0.1) is 10.2 Å². The van der Waals surface area contributed by atoms with E-state index in [2.05, 4.69) is 43.6 Å². The molecule has 96 valence electrons. The highest BCUT2D eigenvalue weighted by Crippen LogP contribution is 2.31. The lowest BCUT2D eigenvalue weighted by Crippen LogP contribution is -2.06. The Morgan fingerprint density at radius 3 is 2.78 bits per heavy atom. The molecule has 1 heterocycles. The predicted molar refractivity (Wildman–Crippen MR) is 76.8 cm³/mol. The quantitative estimate of drug-likeness (QED) is 0.938. The fourth-order valence-corrected chi connectivity index (χ4v) is 2.91. The third kappa shape index (κ3) is 2.93. The summed E-state index contributed by atoms with van der Waals surface area (Å²) in [7, 11) is 3.93. The maximum Gasteiger partial charge on any atom is 0.195 e. The van der Waals surface area contributed by atoms with Crippen LogP contribution in [0.3, 0.4) is 0 Å². The van der Waals surface area contributed by atoms with Gasteiger partial charge in [0.05, 0.1) is 0 Å². The third-order valence-electron chi connectivity index (χ3n) is 2.64. The van der Waals surface area contributed by atoms with Gasteiger partial charge in [0.25, 0.3) is 0 Å². The number of halogens is 1. The van der Waals surface area contributed by atoms with Crippen molar-refractivity contribution < 1.29 is 0 Å². The maximum absolute atomic E-state index is 4.18. The van der Waals surface area contributed by atoms with Crippen LogP contribution in [-0.2, 0) is 13.6 Å². The zero-order valence-electron chi connectivity index (χ0n) is 10.6. The number of aryl methyl sites for hydroxylation is 1. The van der Waals surface area contributed by atoms with Crippen LogP contribution >= 0.6 is 27.7 Å². The molecule has 1 aromatic carbocycles. The largest absolute Gasteiger partial charge is 0.316 e. The Hall–Kier alpha value is -0.850. The van der Waals surface area contributed by atoms with Crippen molar-refractivity contribution >= 4 is 27.7 Å². The molecule has 0 amide bonds. The van der Waals surface area contributed by atoms with Gasteiger partial charge in [-0.3, -0.25) is 0 Å². The van der Waals surface area contributed by atoms with Crippen molar-refractivity contribution in [3.63, 3.8) is 0 Å². The van der Waals surface area contributed by atoms with E-state index in [0.29, 0.717) is 0 Å². The van der Waals surface area contributed by atoms with Crippen molar-refractivity contribution in [2.75, 3.05) is 7.05 Å². The van der Waals surface area contributed by atoms with Crippen LogP contribution in [-0.4, -0.2) is 21.8 Å². The molecule has 0 radical (unpaired) electrons. The number of hydrogen-bond acceptors (Lipinski definition) is 4. The summed E-state index contributed by atoms with van der Waals surface area (Å²) < 4.78 is 3.09. The molecule has 0 spiro atoms. The maximum atomic E-state index is 4.18. The Bertz CT molecular complexity index is 553. The first-order valence-electron chi connectivity index (χ1n) is 5.58. The minimum atomic E-state index is 0.832. The molecule has 0 saturated carbocycles. The lowest BCUT2D eigenvalue weighted by atomic mass is 10.2. The molecule has 0 aliphatic heterocycles. The average Bonchev–Trinajstić information content (AvgIpc) is 2.65. The summed E-state index contributed by atoms with van der Waals surface area (Å²) in [6, 6.07) is 6.28. The van der Waals surface area contributed by atoms with Crippen LogP contribution in [0.4, 0.5) is 0 Å². The van der Waals surface area contributed by atoms with Crippen molar-refractivity contribution in [3.05, 3.63) is 34.1 Å². The summed E-state index contributed by atoms with van der Waals surface area (Å²) in [6.07, 6.45) is 0. The topological polar surface area (TPSA) is 42.7 Å². The first-order valence-corrected chi connectivity index (χ1v) is 7.19. The zero-order valence-corrected chi connectivity index (χ0v) is 13.0. The summed E-state index contributed by atoms with van der Waals surface area (Å²) in [5.41, 5.74) is 1.25. The second-order valence-corrected chi connectivity index (χ2v) is 5.90. The number of nitrogens with zero attached hydrogens (tertiary/aromatic N) is 3. The predicted octanol–water partition coefficient (Wildman–Crippen LogP) is 2.76. The first kappa shape index (κ1) is 13.6. The highest BCUT2D eigenvalue weighted by atomic mass is 79.9. The van der Waals surface area contributed by atoms with Crippen molar-refractivity contribution in [1.82, 2.24) is 20.1 Å². The SMILES string of the molecule is CNCc1cc(Br)ccc1Sc1nnc(C)n1C. The van der Waals surface area contributed by atoms with Crippen LogP contribution in [0.25, 0.3) is 0 Å². The fourth-order valence-electron chi connectivity index (χ4n) is 1.55. The van der Waals surface area contributed by atoms with Gasteiger partial charge in [-0.25, -0.2) is 0 Å². The molecule has 2 aromatic rings. The lowest BCUT2D eigenvalue weighted by Gasteiger charge is -2.09. The molecule has 0 bridgehead atoms. The standard InChI is InChI=1S/C12H15BrN4S/c1-8-15-16-12(17(8)3)18-11-5-4-10(13)6-9(11)7-14-2/h4-6,14H,7H2,1-3H3. The lowest BCUT2D eigenvalue weighted by molar-refractivity contribution is 0.763. The Morgan fingerprint density at radius 2 is 2.17 bits per heavy atom. The van der Waals surface area contributed by atoms with Crippen molar-refractivity contribution in [2.45, 2.75) is 23.5 Å². The minimum Gasteiger partial charge on any atom is -0.316 e. The van der Waals surface area contributed by atoms with Crippen LogP contribution < -0.4 is 5.32 Å². The Kier molecular flexibility index (Phi) is 4.42. The van der Waals surface area contributed by atoms with Crippen LogP contribution in [0.1, 0.15) is 11.4 Å². The van der Waals surface area contributed by atoms with Crippen LogP contribution in [0.5, 0.6) is 0 Å². The van der Waals surface area contributed by atoms with Gasteiger partial charge in [0.2, 0.25) is 0 Å². The molecule has 6 heteroatoms. The average molecular weight is 327 g/mol. The number of aromatic nitrogens is 3. The van der Waals surface area contributed by atoms with E-state index in [1.165, 1.54) is 10.5 Å². The summed E-state index contributed by atoms with van der Waals surface area (Å²) in [5.74, 6) is 0.921. The van der Waals surface area contributed by atoms with Crippen molar-refractivity contribution in [1.29, 1.82) is 0 Å². The van der Waals surface area contributed by atoms with Gasteiger partial charge in [-0.2, -0.15) is 0 Å². The van der Waals surface area contributed by atoms with Crippen LogP contribution in [0, 0.1) is 6.92 Å². The monoisotopic (exact) mass is 326 g/mol. The second kappa shape index (κ2) is 5.86. The molecule has 0 atom stereocenters. The van der Waals surface area contributed by atoms with E-state index in [1.807, 2.05) is 31.7 Å². The van der Waals surface area contributed by atoms with E-state index >= 15 is 0 Å². The second-order valence-electron chi connectivity index (χ2n) is 3.97. The molecule has 0 fully saturated rings. The molecule has 0 saturated heterocycles. The van der Waals surface area contributed by atoms with E-state index in [-0.39, 0.29) is 0 Å². The Morgan fingerprint density at radius 1 is 1.39 bits per heavy atom. The molecule has 1 aromatic heterocycles. The first-order chi connectivity index (χ1) is 8.61. The molecule has 2 rings (SSSR count). The van der Waals surface area contributed by atoms with Crippen molar-refractivity contribution in [2.24, 2.45) is 7.05 Å². The van der Waals surface area contributed by atoms with E-state index in [1.54, 1.807) is 11.8 Å². The Labute approximate surface area is 119 Å². The highest BCUT2D eigenvalue weighted by molar-refractivity contribution is 9.10. The molecule has 4 nitrogen and oxygen atoms in total. The number of hydrogen-bond donors (Lipinski definition) is 1. The number of benzene rings is 1. The van der Waals surface area contributed by atoms with Crippen molar-refractivity contribution in [3.8, 4) is 0 Å². The highest BCUT2D eigenvalue weighted by Gasteiger charge is 2.10. The van der Waals surface area contributed by atoms with Crippen LogP contribution in [0.15, 0.2) is 32.7 Å². The normalized spacial score (nSPS) is 10.9. The van der Waals surface area contributed by atoms with Gasteiger partial charge >= 0.3 is 0 Å². The Balaban J connectivity index is 2.31. The smallest absolute Gasteiger partial charge is 0.195 e. The number of nitrogens with one attached hydrogen (secondary N) is 1. The van der Waals surface area contributed by atoms with E-state index in [0.717, 1.165) is 22.0 Å². The molecule has 1 N–H and O–H groups in total. The molecule has 0 aliphatic carbocycles. The van der Waals surface area contributed by atoms with E-state index < -0.39 is 0 Å². The van der Waals surface area contributed by atoms with E-state index in [9.17, 15) is 0 Å². The van der Waals surface area contributed by atoms with Gasteiger partial charge < -0.3 is 9.88 Å². The van der Waals surface area contributed by atoms with E-state index in [4.69, 9.17) is 0 Å². The molecular weight excluding hydrogens is 312 g/mol. The summed E-state index contributed by atoms with van der Waals surface area (Å²) in [4.78, 5) is 1.20. The van der Waals surface area contributed by atoms with Gasteiger partial charge in [-0.05, 0) is 49.5 Å². The summed E-state index contributed by atoms with van der Waals surface area (Å²) in [5, 5.41) is 12.3. The van der Waals surface area contributed by atoms with Crippen LogP contribution in [0.2, 0.25) is 0 Å². The molecular formula is C12H15BrN4S. The van der Waals surface area contributed by atoms with Gasteiger partial charge in [-0.1, -0.05) is 15.9 Å². The zero-order chi connectivity index (χ0) is 13.1. The third-order valence-corrected chi connectivity index (χ3v) is 4.29. The minimum absolute atomic E-state index is 0.832. The molecule has 0 aliphatic rings.